The summed E-state index contributed by atoms with van der Waals surface area (Å²) in [6, 6.07) is 20.6. The third-order valence-electron chi connectivity index (χ3n) is 9.40. The van der Waals surface area contributed by atoms with Gasteiger partial charge in [0.1, 0.15) is 0 Å². The van der Waals surface area contributed by atoms with Gasteiger partial charge in [-0.05, 0) is 73.2 Å². The van der Waals surface area contributed by atoms with E-state index in [0.29, 0.717) is 41.9 Å². The predicted octanol–water partition coefficient (Wildman–Crippen LogP) is 6.33. The number of aromatic amines is 1. The van der Waals surface area contributed by atoms with E-state index < -0.39 is 10.0 Å². The van der Waals surface area contributed by atoms with E-state index in [2.05, 4.69) is 20.4 Å². The number of hydrogen-bond acceptors (Lipinski definition) is 7. The fraction of sp³-hybridized carbons (Fsp3) is 0.222. The molecular formula is C36H34N8O3S. The Balaban J connectivity index is 1.11. The molecule has 11 nitrogen and oxygen atoms in total. The topological polar surface area (TPSA) is 129 Å². The highest BCUT2D eigenvalue weighted by molar-refractivity contribution is 7.89. The number of H-pyrrole nitrogens is 1. The minimum atomic E-state index is -3.51. The van der Waals surface area contributed by atoms with Crippen LogP contribution in [0.15, 0.2) is 84.0 Å². The lowest BCUT2D eigenvalue weighted by atomic mass is 9.97. The van der Waals surface area contributed by atoms with Crippen molar-refractivity contribution in [2.75, 3.05) is 23.3 Å². The first kappa shape index (κ1) is 30.0. The molecule has 1 fully saturated rings. The van der Waals surface area contributed by atoms with Crippen molar-refractivity contribution in [1.29, 1.82) is 0 Å². The number of amides is 1. The average molecular weight is 659 g/mol. The van der Waals surface area contributed by atoms with Gasteiger partial charge in [0.2, 0.25) is 16.0 Å². The fourth-order valence-electron chi connectivity index (χ4n) is 6.75. The lowest BCUT2D eigenvalue weighted by molar-refractivity contribution is 0.0997. The summed E-state index contributed by atoms with van der Waals surface area (Å²) < 4.78 is 29.5. The number of anilines is 3. The van der Waals surface area contributed by atoms with Gasteiger partial charge in [-0.25, -0.2) is 18.4 Å². The third-order valence-corrected chi connectivity index (χ3v) is 11.3. The van der Waals surface area contributed by atoms with Gasteiger partial charge in [-0.2, -0.15) is 9.40 Å². The number of carbonyl (C=O) groups is 1. The first-order valence-electron chi connectivity index (χ1n) is 15.9. The third kappa shape index (κ3) is 4.95. The Morgan fingerprint density at radius 1 is 0.917 bits per heavy atom. The van der Waals surface area contributed by atoms with Crippen LogP contribution in [0.25, 0.3) is 33.3 Å². The van der Waals surface area contributed by atoms with E-state index in [0.717, 1.165) is 68.6 Å². The molecule has 0 radical (unpaired) electrons. The molecule has 0 spiro atoms. The molecule has 3 aromatic carbocycles. The van der Waals surface area contributed by atoms with Crippen LogP contribution in [0.1, 0.15) is 40.0 Å². The van der Waals surface area contributed by atoms with Crippen LogP contribution in [0, 0.1) is 13.8 Å². The molecule has 2 N–H and O–H groups in total. The summed E-state index contributed by atoms with van der Waals surface area (Å²) in [6.07, 6.45) is 5.50. The minimum absolute atomic E-state index is 0.0842. The number of sulfonamides is 1. The fourth-order valence-corrected chi connectivity index (χ4v) is 8.27. The first-order chi connectivity index (χ1) is 23.2. The maximum absolute atomic E-state index is 13.9. The summed E-state index contributed by atoms with van der Waals surface area (Å²) >= 11 is 0. The van der Waals surface area contributed by atoms with Crippen molar-refractivity contribution in [3.63, 3.8) is 0 Å². The number of fused-ring (bicyclic) bond motifs is 2. The number of nitrogens with one attached hydrogen (secondary N) is 2. The molecule has 0 saturated carbocycles. The molecule has 2 aliphatic heterocycles. The van der Waals surface area contributed by atoms with Crippen LogP contribution in [0.2, 0.25) is 0 Å². The number of rotatable bonds is 7. The molecule has 0 aliphatic carbocycles. The number of nitrogens with zero attached hydrogens (tertiary/aromatic N) is 6. The van der Waals surface area contributed by atoms with E-state index in [1.165, 1.54) is 0 Å². The second-order valence-electron chi connectivity index (χ2n) is 12.4. The average Bonchev–Trinajstić information content (AvgIpc) is 3.90. The molecule has 3 aromatic heterocycles. The van der Waals surface area contributed by atoms with Gasteiger partial charge >= 0.3 is 0 Å². The zero-order chi connectivity index (χ0) is 33.2. The summed E-state index contributed by atoms with van der Waals surface area (Å²) in [5.41, 5.74) is 8.54. The van der Waals surface area contributed by atoms with E-state index in [9.17, 15) is 13.2 Å². The minimum Gasteiger partial charge on any atom is -0.359 e. The number of benzene rings is 3. The summed E-state index contributed by atoms with van der Waals surface area (Å²) in [5, 5.41) is 8.61. The molecule has 242 valence electrons. The normalized spacial score (nSPS) is 15.1. The van der Waals surface area contributed by atoms with E-state index in [1.54, 1.807) is 32.2 Å². The maximum Gasteiger partial charge on any atom is 0.259 e. The van der Waals surface area contributed by atoms with Gasteiger partial charge in [-0.1, -0.05) is 36.4 Å². The van der Waals surface area contributed by atoms with Crippen molar-refractivity contribution in [3.05, 3.63) is 102 Å². The van der Waals surface area contributed by atoms with Crippen LogP contribution in [-0.4, -0.2) is 56.5 Å². The zero-order valence-electron chi connectivity index (χ0n) is 26.9. The van der Waals surface area contributed by atoms with E-state index in [4.69, 9.17) is 4.98 Å². The Morgan fingerprint density at radius 3 is 2.42 bits per heavy atom. The van der Waals surface area contributed by atoms with Crippen molar-refractivity contribution in [3.8, 4) is 22.4 Å². The molecule has 1 amide bonds. The lowest BCUT2D eigenvalue weighted by Gasteiger charge is -2.17. The molecule has 2 aliphatic rings. The van der Waals surface area contributed by atoms with Crippen molar-refractivity contribution < 1.29 is 13.2 Å². The molecule has 0 unspecified atom stereocenters. The lowest BCUT2D eigenvalue weighted by Crippen LogP contribution is -2.27. The largest absolute Gasteiger partial charge is 0.359 e. The molecule has 8 rings (SSSR count). The summed E-state index contributed by atoms with van der Waals surface area (Å²) in [6.45, 7) is 5.46. The van der Waals surface area contributed by atoms with Gasteiger partial charge in [0.05, 0.1) is 28.3 Å². The first-order valence-corrected chi connectivity index (χ1v) is 17.4. The van der Waals surface area contributed by atoms with Crippen LogP contribution in [0.3, 0.4) is 0 Å². The number of carbonyl (C=O) groups excluding carboxylic acids is 1. The predicted molar refractivity (Wildman–Crippen MR) is 186 cm³/mol. The molecule has 48 heavy (non-hydrogen) atoms. The number of para-hydroxylation sites is 1. The summed E-state index contributed by atoms with van der Waals surface area (Å²) in [4.78, 5) is 28.8. The monoisotopic (exact) mass is 658 g/mol. The summed E-state index contributed by atoms with van der Waals surface area (Å²) in [7, 11) is -1.62. The molecule has 12 heteroatoms. The van der Waals surface area contributed by atoms with Crippen LogP contribution in [-0.2, 0) is 23.6 Å². The summed E-state index contributed by atoms with van der Waals surface area (Å²) in [5.74, 6) is 1.03. The molecular weight excluding hydrogens is 625 g/mol. The van der Waals surface area contributed by atoms with Crippen molar-refractivity contribution in [2.24, 2.45) is 7.05 Å². The van der Waals surface area contributed by atoms with Gasteiger partial charge in [0.15, 0.2) is 5.82 Å². The number of hydrogen-bond donors (Lipinski definition) is 2. The van der Waals surface area contributed by atoms with Gasteiger partial charge in [0, 0.05) is 60.8 Å². The van der Waals surface area contributed by atoms with Gasteiger partial charge in [-0.15, -0.1) is 0 Å². The second kappa shape index (κ2) is 11.4. The van der Waals surface area contributed by atoms with Crippen LogP contribution in [0.4, 0.5) is 17.5 Å². The highest BCUT2D eigenvalue weighted by Gasteiger charge is 2.33. The molecule has 0 bridgehead atoms. The quantitative estimate of drug-likeness (QED) is 0.205. The van der Waals surface area contributed by atoms with Crippen molar-refractivity contribution in [2.45, 2.75) is 38.1 Å². The van der Waals surface area contributed by atoms with Crippen LogP contribution >= 0.6 is 0 Å². The molecule has 1 saturated heterocycles. The maximum atomic E-state index is 13.9. The Labute approximate surface area is 278 Å². The number of aryl methyl sites for hydroxylation is 3. The van der Waals surface area contributed by atoms with Gasteiger partial charge in [-0.3, -0.25) is 9.48 Å². The van der Waals surface area contributed by atoms with E-state index >= 15 is 0 Å². The Hall–Kier alpha value is -5.33. The smallest absolute Gasteiger partial charge is 0.259 e. The number of aromatic nitrogens is 5. The van der Waals surface area contributed by atoms with Gasteiger partial charge in [0.25, 0.3) is 5.91 Å². The molecule has 6 aromatic rings. The van der Waals surface area contributed by atoms with Crippen molar-refractivity contribution >= 4 is 44.3 Å². The van der Waals surface area contributed by atoms with Gasteiger partial charge < -0.3 is 15.2 Å². The van der Waals surface area contributed by atoms with E-state index in [1.807, 2.05) is 81.7 Å². The zero-order valence-corrected chi connectivity index (χ0v) is 27.7. The van der Waals surface area contributed by atoms with Crippen molar-refractivity contribution in [1.82, 2.24) is 29.0 Å². The van der Waals surface area contributed by atoms with Crippen LogP contribution < -0.4 is 10.2 Å². The van der Waals surface area contributed by atoms with E-state index in [-0.39, 0.29) is 5.91 Å². The Morgan fingerprint density at radius 2 is 1.67 bits per heavy atom. The SMILES string of the molecule is Cc1cnc(Nc2cc(C)n(C)n2)nc1-c1c[nH]c2c(N3Cc4c(cccc4-c4ccc(S(=O)(=O)N5CCCC5)cc4)C3=O)cccc12. The highest BCUT2D eigenvalue weighted by Crippen LogP contribution is 2.40. The second-order valence-corrected chi connectivity index (χ2v) is 14.3. The highest BCUT2D eigenvalue weighted by atomic mass is 32.2. The Bertz CT molecular complexity index is 2320. The molecule has 0 atom stereocenters. The standard InChI is InChI=1S/C36H34N8O3S/c1-22-19-38-36(39-32-18-23(2)42(3)41-32)40-33(22)29-20-37-34-27(29)9-7-11-31(34)44-21-30-26(8-6-10-28(30)35(44)45)24-12-14-25(15-13-24)48(46,47)43-16-4-5-17-43/h6-15,18-20,37H,4-5,16-17,21H2,1-3H3,(H,38,39,40,41). The molecule has 5 heterocycles. The van der Waals surface area contributed by atoms with Crippen LogP contribution in [0.5, 0.6) is 0 Å². The Kier molecular flexibility index (Phi) is 7.15.